The van der Waals surface area contributed by atoms with Gasteiger partial charge in [0, 0.05) is 38.3 Å². The fourth-order valence-electron chi connectivity index (χ4n) is 3.56. The Hall–Kier alpha value is -1.36. The van der Waals surface area contributed by atoms with Crippen LogP contribution >= 0.6 is 0 Å². The zero-order valence-electron chi connectivity index (χ0n) is 14.8. The Labute approximate surface area is 139 Å². The standard InChI is InChI=1S/C18H30N4O/c1-13-17(14(2)21(3)20-13)6-7-18(23)22-10-8-16(9-11-22)19-12-15-4-5-15/h15-16,19H,4-12H2,1-3H3. The normalized spacial score (nSPS) is 19.3. The van der Waals surface area contributed by atoms with Crippen molar-refractivity contribution in [2.24, 2.45) is 13.0 Å². The van der Waals surface area contributed by atoms with Crippen molar-refractivity contribution < 1.29 is 4.79 Å². The third-order valence-electron chi connectivity index (χ3n) is 5.49. The Bertz CT molecular complexity index is 554. The number of rotatable bonds is 6. The first-order valence-corrected chi connectivity index (χ1v) is 9.05. The van der Waals surface area contributed by atoms with E-state index in [1.165, 1.54) is 30.6 Å². The minimum absolute atomic E-state index is 0.299. The summed E-state index contributed by atoms with van der Waals surface area (Å²) in [5, 5.41) is 8.10. The van der Waals surface area contributed by atoms with Crippen LogP contribution in [0.2, 0.25) is 0 Å². The third kappa shape index (κ3) is 4.14. The minimum Gasteiger partial charge on any atom is -0.343 e. The highest BCUT2D eigenvalue weighted by Gasteiger charge is 2.26. The first-order chi connectivity index (χ1) is 11.0. The average molecular weight is 318 g/mol. The van der Waals surface area contributed by atoms with Crippen molar-refractivity contribution >= 4 is 5.91 Å². The van der Waals surface area contributed by atoms with Crippen molar-refractivity contribution in [3.05, 3.63) is 17.0 Å². The molecule has 1 saturated heterocycles. The molecule has 0 radical (unpaired) electrons. The number of hydrogen-bond acceptors (Lipinski definition) is 3. The quantitative estimate of drug-likeness (QED) is 0.872. The summed E-state index contributed by atoms with van der Waals surface area (Å²) in [5.74, 6) is 1.23. The molecule has 5 nitrogen and oxygen atoms in total. The van der Waals surface area contributed by atoms with E-state index in [9.17, 15) is 4.79 Å². The van der Waals surface area contributed by atoms with E-state index >= 15 is 0 Å². The van der Waals surface area contributed by atoms with Crippen LogP contribution < -0.4 is 5.32 Å². The van der Waals surface area contributed by atoms with Crippen LogP contribution in [0, 0.1) is 19.8 Å². The highest BCUT2D eigenvalue weighted by atomic mass is 16.2. The average Bonchev–Trinajstić information content (AvgIpc) is 3.33. The van der Waals surface area contributed by atoms with Crippen molar-refractivity contribution in [1.82, 2.24) is 20.0 Å². The Morgan fingerprint density at radius 1 is 1.22 bits per heavy atom. The van der Waals surface area contributed by atoms with E-state index in [1.54, 1.807) is 0 Å². The van der Waals surface area contributed by atoms with Crippen molar-refractivity contribution in [3.8, 4) is 0 Å². The van der Waals surface area contributed by atoms with Gasteiger partial charge in [0.2, 0.25) is 5.91 Å². The molecule has 3 rings (SSSR count). The van der Waals surface area contributed by atoms with Gasteiger partial charge in [-0.1, -0.05) is 0 Å². The fourth-order valence-corrected chi connectivity index (χ4v) is 3.56. The molecule has 0 atom stereocenters. The van der Waals surface area contributed by atoms with Crippen LogP contribution in [0.15, 0.2) is 0 Å². The van der Waals surface area contributed by atoms with Gasteiger partial charge >= 0.3 is 0 Å². The number of piperidine rings is 1. The van der Waals surface area contributed by atoms with Gasteiger partial charge in [-0.15, -0.1) is 0 Å². The van der Waals surface area contributed by atoms with Gasteiger partial charge in [0.1, 0.15) is 0 Å². The lowest BCUT2D eigenvalue weighted by atomic mass is 10.0. The summed E-state index contributed by atoms with van der Waals surface area (Å²) in [6, 6.07) is 0.613. The number of nitrogens with one attached hydrogen (secondary N) is 1. The topological polar surface area (TPSA) is 50.2 Å². The Morgan fingerprint density at radius 3 is 2.48 bits per heavy atom. The maximum absolute atomic E-state index is 12.5. The van der Waals surface area contributed by atoms with Gasteiger partial charge in [-0.3, -0.25) is 9.48 Å². The molecule has 128 valence electrons. The summed E-state index contributed by atoms with van der Waals surface area (Å²) >= 11 is 0. The first-order valence-electron chi connectivity index (χ1n) is 9.05. The molecule has 2 aliphatic rings. The van der Waals surface area contributed by atoms with E-state index < -0.39 is 0 Å². The number of carbonyl (C=O) groups excluding carboxylic acids is 1. The maximum atomic E-state index is 12.5. The van der Waals surface area contributed by atoms with Crippen LogP contribution in [0.4, 0.5) is 0 Å². The predicted octanol–water partition coefficient (Wildman–Crippen LogP) is 1.96. The van der Waals surface area contributed by atoms with Crippen molar-refractivity contribution in [2.75, 3.05) is 19.6 Å². The second-order valence-corrected chi connectivity index (χ2v) is 7.28. The zero-order chi connectivity index (χ0) is 16.4. The predicted molar refractivity (Wildman–Crippen MR) is 91.3 cm³/mol. The van der Waals surface area contributed by atoms with Gasteiger partial charge in [-0.05, 0) is 64.0 Å². The molecule has 2 heterocycles. The molecule has 2 fully saturated rings. The molecule has 1 aliphatic carbocycles. The van der Waals surface area contributed by atoms with Crippen LogP contribution in [0.3, 0.4) is 0 Å². The molecule has 0 aromatic carbocycles. The summed E-state index contributed by atoms with van der Waals surface area (Å²) in [7, 11) is 1.97. The Balaban J connectivity index is 1.42. The Kier molecular flexibility index (Phi) is 5.05. The summed E-state index contributed by atoms with van der Waals surface area (Å²) in [6.07, 6.45) is 6.42. The summed E-state index contributed by atoms with van der Waals surface area (Å²) in [6.45, 7) is 7.11. The largest absolute Gasteiger partial charge is 0.343 e. The van der Waals surface area contributed by atoms with Gasteiger partial charge in [0.15, 0.2) is 0 Å². The molecule has 5 heteroatoms. The lowest BCUT2D eigenvalue weighted by molar-refractivity contribution is -0.132. The van der Waals surface area contributed by atoms with Gasteiger partial charge in [0.25, 0.3) is 0 Å². The molecule has 1 aromatic rings. The lowest BCUT2D eigenvalue weighted by Gasteiger charge is -2.32. The van der Waals surface area contributed by atoms with E-state index in [2.05, 4.69) is 22.2 Å². The molecule has 0 spiro atoms. The summed E-state index contributed by atoms with van der Waals surface area (Å²) in [5.41, 5.74) is 3.47. The van der Waals surface area contributed by atoms with Crippen molar-refractivity contribution in [2.45, 2.75) is 58.4 Å². The number of carbonyl (C=O) groups is 1. The third-order valence-corrected chi connectivity index (χ3v) is 5.49. The fraction of sp³-hybridized carbons (Fsp3) is 0.778. The van der Waals surface area contributed by atoms with Crippen LogP contribution in [0.5, 0.6) is 0 Å². The van der Waals surface area contributed by atoms with E-state index in [4.69, 9.17) is 0 Å². The van der Waals surface area contributed by atoms with Crippen molar-refractivity contribution in [1.29, 1.82) is 0 Å². The molecule has 0 bridgehead atoms. The summed E-state index contributed by atoms with van der Waals surface area (Å²) in [4.78, 5) is 14.5. The minimum atomic E-state index is 0.299. The Morgan fingerprint density at radius 2 is 1.91 bits per heavy atom. The molecular weight excluding hydrogens is 288 g/mol. The number of amides is 1. The molecule has 23 heavy (non-hydrogen) atoms. The maximum Gasteiger partial charge on any atom is 0.222 e. The number of nitrogens with zero attached hydrogens (tertiary/aromatic N) is 3. The molecule has 1 aliphatic heterocycles. The molecule has 1 amide bonds. The molecule has 1 N–H and O–H groups in total. The zero-order valence-corrected chi connectivity index (χ0v) is 14.8. The van der Waals surface area contributed by atoms with E-state index in [0.717, 1.165) is 44.0 Å². The SMILES string of the molecule is Cc1nn(C)c(C)c1CCC(=O)N1CCC(NCC2CC2)CC1. The van der Waals surface area contributed by atoms with E-state index in [0.29, 0.717) is 18.4 Å². The van der Waals surface area contributed by atoms with Gasteiger partial charge < -0.3 is 10.2 Å². The van der Waals surface area contributed by atoms with Gasteiger partial charge in [-0.2, -0.15) is 5.10 Å². The number of hydrogen-bond donors (Lipinski definition) is 1. The van der Waals surface area contributed by atoms with Gasteiger partial charge in [0.05, 0.1) is 5.69 Å². The van der Waals surface area contributed by atoms with Crippen LogP contribution in [-0.2, 0) is 18.3 Å². The monoisotopic (exact) mass is 318 g/mol. The van der Waals surface area contributed by atoms with Crippen molar-refractivity contribution in [3.63, 3.8) is 0 Å². The molecule has 0 unspecified atom stereocenters. The number of aromatic nitrogens is 2. The molecule has 1 aromatic heterocycles. The van der Waals surface area contributed by atoms with E-state index in [-0.39, 0.29) is 0 Å². The number of aryl methyl sites for hydroxylation is 2. The van der Waals surface area contributed by atoms with Crippen LogP contribution in [0.1, 0.15) is 49.1 Å². The highest BCUT2D eigenvalue weighted by molar-refractivity contribution is 5.76. The molecular formula is C18H30N4O. The van der Waals surface area contributed by atoms with Crippen LogP contribution in [0.25, 0.3) is 0 Å². The number of likely N-dealkylation sites (tertiary alicyclic amines) is 1. The first kappa shape index (κ1) is 16.5. The second kappa shape index (κ2) is 7.04. The van der Waals surface area contributed by atoms with Crippen LogP contribution in [-0.4, -0.2) is 46.3 Å². The summed E-state index contributed by atoms with van der Waals surface area (Å²) < 4.78 is 1.91. The smallest absolute Gasteiger partial charge is 0.222 e. The second-order valence-electron chi connectivity index (χ2n) is 7.28. The molecule has 1 saturated carbocycles. The highest BCUT2D eigenvalue weighted by Crippen LogP contribution is 2.28. The van der Waals surface area contributed by atoms with E-state index in [1.807, 2.05) is 18.7 Å². The lowest BCUT2D eigenvalue weighted by Crippen LogP contribution is -2.45. The van der Waals surface area contributed by atoms with Gasteiger partial charge in [-0.25, -0.2) is 0 Å².